The van der Waals surface area contributed by atoms with Gasteiger partial charge in [-0.1, -0.05) is 42.5 Å². The summed E-state index contributed by atoms with van der Waals surface area (Å²) >= 11 is 0. The van der Waals surface area contributed by atoms with E-state index in [4.69, 9.17) is 21.6 Å². The highest BCUT2D eigenvalue weighted by Gasteiger charge is 2.19. The number of likely N-dealkylation sites (tertiary alicyclic amines) is 1. The zero-order valence-corrected chi connectivity index (χ0v) is 22.8. The number of rotatable bonds is 9. The maximum absolute atomic E-state index is 12.8. The molecule has 1 aliphatic heterocycles. The second kappa shape index (κ2) is 12.1. The number of nitrogens with one attached hydrogen (secondary N) is 3. The van der Waals surface area contributed by atoms with E-state index in [0.29, 0.717) is 29.3 Å². The molecule has 0 atom stereocenters. The second-order valence-electron chi connectivity index (χ2n) is 10.2. The lowest BCUT2D eigenvalue weighted by molar-refractivity contribution is 0.262. The molecule has 0 radical (unpaired) electrons. The van der Waals surface area contributed by atoms with E-state index >= 15 is 0 Å². The van der Waals surface area contributed by atoms with E-state index in [1.54, 1.807) is 0 Å². The molecule has 0 unspecified atom stereocenters. The molecule has 8 heteroatoms. The van der Waals surface area contributed by atoms with Crippen molar-refractivity contribution in [2.75, 3.05) is 42.6 Å². The molecule has 1 saturated heterocycles. The Morgan fingerprint density at radius 2 is 1.70 bits per heavy atom. The number of fused-ring (bicyclic) bond motifs is 1. The average Bonchev–Trinajstić information content (AvgIpc) is 3.45. The van der Waals surface area contributed by atoms with Crippen molar-refractivity contribution in [3.63, 3.8) is 0 Å². The van der Waals surface area contributed by atoms with Crippen LogP contribution in [0.2, 0.25) is 0 Å². The maximum Gasteiger partial charge on any atom is 0.323 e. The zero-order chi connectivity index (χ0) is 28.1. The Hall–Kier alpha value is -4.56. The van der Waals surface area contributed by atoms with Crippen LogP contribution in [0.5, 0.6) is 5.75 Å². The molecule has 4 aromatic carbocycles. The van der Waals surface area contributed by atoms with Crippen LogP contribution in [0.15, 0.2) is 72.8 Å². The molecule has 0 aliphatic carbocycles. The summed E-state index contributed by atoms with van der Waals surface area (Å²) in [5.74, 6) is 0.407. The summed E-state index contributed by atoms with van der Waals surface area (Å²) in [6.07, 6.45) is 3.44. The molecular weight excluding hydrogens is 500 g/mol. The van der Waals surface area contributed by atoms with E-state index in [1.807, 2.05) is 79.7 Å². The van der Waals surface area contributed by atoms with Gasteiger partial charge in [-0.25, -0.2) is 4.79 Å². The summed E-state index contributed by atoms with van der Waals surface area (Å²) in [7, 11) is 0. The highest BCUT2D eigenvalue weighted by atomic mass is 16.5. The van der Waals surface area contributed by atoms with Crippen LogP contribution >= 0.6 is 0 Å². The molecule has 1 heterocycles. The van der Waals surface area contributed by atoms with Crippen molar-refractivity contribution in [1.29, 1.82) is 5.41 Å². The van der Waals surface area contributed by atoms with Gasteiger partial charge >= 0.3 is 6.03 Å². The standard InChI is InChI=1S/C32H36N6O2/c1-21-8-6-9-22(20-21)36-32(39)37-27-14-12-24(23-10-2-3-11-25(23)27)26-13-15-28(30(33)29(26)31(34)35)40-19-7-18-38-16-4-5-17-38/h2-3,6,8-15,20H,4-5,7,16-19,33H2,1H3,(H3,34,35)(H2,36,37,39). The van der Waals surface area contributed by atoms with Crippen molar-refractivity contribution in [3.05, 3.63) is 83.9 Å². The number of benzene rings is 4. The minimum Gasteiger partial charge on any atom is -0.491 e. The number of nitrogen functional groups attached to an aromatic ring is 2. The topological polar surface area (TPSA) is 129 Å². The third-order valence-corrected chi connectivity index (χ3v) is 7.29. The summed E-state index contributed by atoms with van der Waals surface area (Å²) in [6.45, 7) is 5.85. The van der Waals surface area contributed by atoms with E-state index in [1.165, 1.54) is 12.8 Å². The molecule has 40 heavy (non-hydrogen) atoms. The third kappa shape index (κ3) is 6.02. The van der Waals surface area contributed by atoms with Gasteiger partial charge in [-0.05, 0) is 91.7 Å². The first kappa shape index (κ1) is 27.0. The van der Waals surface area contributed by atoms with Gasteiger partial charge in [-0.3, -0.25) is 5.41 Å². The van der Waals surface area contributed by atoms with Crippen LogP contribution in [0.1, 0.15) is 30.4 Å². The Morgan fingerprint density at radius 3 is 2.45 bits per heavy atom. The number of amides is 2. The SMILES string of the molecule is Cc1cccc(NC(=O)Nc2ccc(-c3ccc(OCCCN4CCCC4)c(N)c3C(=N)N)c3ccccc23)c1. The number of hydrogen-bond acceptors (Lipinski definition) is 5. The number of hydrogen-bond donors (Lipinski definition) is 5. The van der Waals surface area contributed by atoms with E-state index < -0.39 is 0 Å². The first-order valence-electron chi connectivity index (χ1n) is 13.7. The van der Waals surface area contributed by atoms with Crippen LogP contribution in [0.4, 0.5) is 21.9 Å². The Bertz CT molecular complexity index is 1540. The monoisotopic (exact) mass is 536 g/mol. The second-order valence-corrected chi connectivity index (χ2v) is 10.2. The lowest BCUT2D eigenvalue weighted by atomic mass is 9.92. The number of carbonyl (C=O) groups is 1. The quantitative estimate of drug-likeness (QED) is 0.0754. The number of urea groups is 1. The van der Waals surface area contributed by atoms with Crippen molar-refractivity contribution in [2.45, 2.75) is 26.2 Å². The van der Waals surface area contributed by atoms with Crippen molar-refractivity contribution < 1.29 is 9.53 Å². The molecule has 1 fully saturated rings. The number of nitrogens with two attached hydrogens (primary N) is 2. The number of nitrogens with zero attached hydrogens (tertiary/aromatic N) is 1. The number of ether oxygens (including phenoxy) is 1. The minimum absolute atomic E-state index is 0.126. The molecule has 1 aliphatic rings. The van der Waals surface area contributed by atoms with Crippen molar-refractivity contribution in [2.24, 2.45) is 5.73 Å². The molecule has 8 nitrogen and oxygen atoms in total. The first-order valence-corrected chi connectivity index (χ1v) is 13.7. The Kier molecular flexibility index (Phi) is 8.17. The lowest BCUT2D eigenvalue weighted by Gasteiger charge is -2.19. The molecule has 0 saturated carbocycles. The van der Waals surface area contributed by atoms with Crippen LogP contribution in [-0.2, 0) is 0 Å². The van der Waals surface area contributed by atoms with E-state index in [0.717, 1.165) is 59.2 Å². The largest absolute Gasteiger partial charge is 0.491 e. The Morgan fingerprint density at radius 1 is 0.950 bits per heavy atom. The van der Waals surface area contributed by atoms with Gasteiger partial charge in [-0.15, -0.1) is 0 Å². The highest BCUT2D eigenvalue weighted by Crippen LogP contribution is 2.39. The summed E-state index contributed by atoms with van der Waals surface area (Å²) in [5.41, 5.74) is 17.4. The molecule has 0 bridgehead atoms. The van der Waals surface area contributed by atoms with Gasteiger partial charge in [0.25, 0.3) is 0 Å². The summed E-state index contributed by atoms with van der Waals surface area (Å²) in [6, 6.07) is 22.6. The molecule has 4 aromatic rings. The first-order chi connectivity index (χ1) is 19.4. The fourth-order valence-electron chi connectivity index (χ4n) is 5.37. The van der Waals surface area contributed by atoms with Gasteiger partial charge in [-0.2, -0.15) is 0 Å². The fraction of sp³-hybridized carbons (Fsp3) is 0.250. The van der Waals surface area contributed by atoms with Crippen molar-refractivity contribution in [3.8, 4) is 16.9 Å². The van der Waals surface area contributed by atoms with E-state index in [9.17, 15) is 4.79 Å². The van der Waals surface area contributed by atoms with Gasteiger partial charge in [0.2, 0.25) is 0 Å². The zero-order valence-electron chi connectivity index (χ0n) is 22.8. The Balaban J connectivity index is 1.40. The van der Waals surface area contributed by atoms with Crippen LogP contribution in [0.25, 0.3) is 21.9 Å². The van der Waals surface area contributed by atoms with Gasteiger partial charge in [0.1, 0.15) is 11.6 Å². The third-order valence-electron chi connectivity index (χ3n) is 7.29. The Labute approximate surface area is 234 Å². The van der Waals surface area contributed by atoms with Gasteiger partial charge in [0.05, 0.1) is 23.5 Å². The molecule has 0 aromatic heterocycles. The summed E-state index contributed by atoms with van der Waals surface area (Å²) < 4.78 is 6.03. The van der Waals surface area contributed by atoms with Gasteiger partial charge < -0.3 is 31.7 Å². The summed E-state index contributed by atoms with van der Waals surface area (Å²) in [5, 5.41) is 15.9. The highest BCUT2D eigenvalue weighted by molar-refractivity contribution is 6.14. The number of carbonyl (C=O) groups excluding carboxylic acids is 1. The lowest BCUT2D eigenvalue weighted by Crippen LogP contribution is -2.22. The van der Waals surface area contributed by atoms with Crippen LogP contribution in [0, 0.1) is 12.3 Å². The fourth-order valence-corrected chi connectivity index (χ4v) is 5.37. The normalized spacial score (nSPS) is 13.3. The minimum atomic E-state index is -0.330. The van der Waals surface area contributed by atoms with Crippen molar-refractivity contribution >= 4 is 39.7 Å². The van der Waals surface area contributed by atoms with Gasteiger partial charge in [0, 0.05) is 17.6 Å². The molecule has 0 spiro atoms. The van der Waals surface area contributed by atoms with Crippen LogP contribution in [-0.4, -0.2) is 43.0 Å². The molecular formula is C32H36N6O2. The van der Waals surface area contributed by atoms with E-state index in [-0.39, 0.29) is 11.9 Å². The molecule has 206 valence electrons. The average molecular weight is 537 g/mol. The molecule has 7 N–H and O–H groups in total. The predicted molar refractivity (Wildman–Crippen MR) is 164 cm³/mol. The number of anilines is 3. The van der Waals surface area contributed by atoms with Crippen molar-refractivity contribution in [1.82, 2.24) is 4.90 Å². The number of aryl methyl sites for hydroxylation is 1. The summed E-state index contributed by atoms with van der Waals surface area (Å²) in [4.78, 5) is 15.3. The smallest absolute Gasteiger partial charge is 0.323 e. The molecule has 5 rings (SSSR count). The van der Waals surface area contributed by atoms with Crippen LogP contribution in [0.3, 0.4) is 0 Å². The van der Waals surface area contributed by atoms with Gasteiger partial charge in [0.15, 0.2) is 0 Å². The van der Waals surface area contributed by atoms with Crippen LogP contribution < -0.4 is 26.8 Å². The number of amidine groups is 1. The molecule has 2 amide bonds. The van der Waals surface area contributed by atoms with E-state index in [2.05, 4.69) is 15.5 Å². The predicted octanol–water partition coefficient (Wildman–Crippen LogP) is 6.19. The maximum atomic E-state index is 12.8.